The summed E-state index contributed by atoms with van der Waals surface area (Å²) in [7, 11) is 0. The fraction of sp³-hybridized carbons (Fsp3) is 0.455. The second kappa shape index (κ2) is 4.99. The van der Waals surface area contributed by atoms with E-state index in [9.17, 15) is 10.0 Å². The van der Waals surface area contributed by atoms with Crippen molar-refractivity contribution < 1.29 is 4.73 Å². The molecule has 0 unspecified atom stereocenters. The van der Waals surface area contributed by atoms with Crippen LogP contribution in [0.4, 0.5) is 0 Å². The number of aromatic nitrogens is 3. The number of aromatic amines is 2. The van der Waals surface area contributed by atoms with Crippen molar-refractivity contribution in [2.75, 3.05) is 13.1 Å². The van der Waals surface area contributed by atoms with Crippen molar-refractivity contribution in [3.63, 3.8) is 0 Å². The number of fused-ring (bicyclic) bond motifs is 1. The van der Waals surface area contributed by atoms with Gasteiger partial charge in [0.1, 0.15) is 11.2 Å². The molecule has 2 aromatic heterocycles. The van der Waals surface area contributed by atoms with E-state index in [1.165, 1.54) is 0 Å². The summed E-state index contributed by atoms with van der Waals surface area (Å²) >= 11 is 0. The minimum Gasteiger partial charge on any atom is -0.710 e. The average molecular weight is 271 g/mol. The van der Waals surface area contributed by atoms with Gasteiger partial charge in [0.05, 0.1) is 0 Å². The second-order valence-electron chi connectivity index (χ2n) is 4.42. The maximum absolute atomic E-state index is 12.1. The topological polar surface area (TPSA) is 87.6 Å². The number of pyridine rings is 1. The Balaban J connectivity index is 0.00000120. The van der Waals surface area contributed by atoms with E-state index in [2.05, 4.69) is 15.3 Å². The van der Waals surface area contributed by atoms with E-state index < -0.39 is 0 Å². The molecule has 0 saturated carbocycles. The van der Waals surface area contributed by atoms with Gasteiger partial charge >= 0.3 is 11.3 Å². The molecule has 0 aromatic carbocycles. The highest BCUT2D eigenvalue weighted by Gasteiger charge is 2.21. The highest BCUT2D eigenvalue weighted by Crippen LogP contribution is 2.23. The number of piperidine rings is 1. The van der Waals surface area contributed by atoms with Crippen LogP contribution < -0.4 is 15.7 Å². The third kappa shape index (κ3) is 2.09. The van der Waals surface area contributed by atoms with Gasteiger partial charge < -0.3 is 10.5 Å². The van der Waals surface area contributed by atoms with Crippen LogP contribution in [-0.4, -0.2) is 23.1 Å². The molecule has 3 heterocycles. The Kier molecular flexibility index (Phi) is 3.58. The standard InChI is InChI=1S/C11H14N4O2.ClH/c16-11-13-8-1-2-9(15(17)10(8)14-11)7-3-5-12-6-4-7;/h1-2,7,12H,3-6H2,(H2,13,14,16);1H. The predicted molar refractivity (Wildman–Crippen MR) is 70.0 cm³/mol. The van der Waals surface area contributed by atoms with E-state index in [1.807, 2.05) is 6.07 Å². The highest BCUT2D eigenvalue weighted by atomic mass is 35.5. The highest BCUT2D eigenvalue weighted by molar-refractivity contribution is 5.85. The summed E-state index contributed by atoms with van der Waals surface area (Å²) in [6, 6.07) is 3.61. The van der Waals surface area contributed by atoms with Crippen LogP contribution in [0.2, 0.25) is 0 Å². The zero-order valence-electron chi connectivity index (χ0n) is 9.73. The summed E-state index contributed by atoms with van der Waals surface area (Å²) in [6.45, 7) is 1.87. The van der Waals surface area contributed by atoms with Crippen molar-refractivity contribution in [1.82, 2.24) is 15.3 Å². The van der Waals surface area contributed by atoms with Gasteiger partial charge in [-0.15, -0.1) is 12.4 Å². The van der Waals surface area contributed by atoms with Crippen molar-refractivity contribution in [2.24, 2.45) is 0 Å². The zero-order valence-corrected chi connectivity index (χ0v) is 10.5. The van der Waals surface area contributed by atoms with E-state index in [-0.39, 0.29) is 24.0 Å². The molecule has 98 valence electrons. The lowest BCUT2D eigenvalue weighted by molar-refractivity contribution is -0.590. The Morgan fingerprint density at radius 2 is 1.94 bits per heavy atom. The Morgan fingerprint density at radius 1 is 1.22 bits per heavy atom. The third-order valence-electron chi connectivity index (χ3n) is 3.35. The van der Waals surface area contributed by atoms with Gasteiger partial charge in [-0.3, -0.25) is 4.98 Å². The molecule has 0 atom stereocenters. The first-order chi connectivity index (χ1) is 8.25. The summed E-state index contributed by atoms with van der Waals surface area (Å²) < 4.78 is 0.850. The Hall–Kier alpha value is -1.53. The number of halogens is 1. The van der Waals surface area contributed by atoms with Crippen molar-refractivity contribution in [2.45, 2.75) is 18.8 Å². The Bertz CT molecular complexity index is 601. The van der Waals surface area contributed by atoms with Gasteiger partial charge in [-0.05, 0) is 38.1 Å². The van der Waals surface area contributed by atoms with Crippen molar-refractivity contribution >= 4 is 23.6 Å². The van der Waals surface area contributed by atoms with Crippen molar-refractivity contribution in [1.29, 1.82) is 0 Å². The van der Waals surface area contributed by atoms with Gasteiger partial charge in [0.2, 0.25) is 0 Å². The van der Waals surface area contributed by atoms with Crippen LogP contribution >= 0.6 is 12.4 Å². The van der Waals surface area contributed by atoms with E-state index in [4.69, 9.17) is 0 Å². The number of imidazole rings is 1. The Labute approximate surface area is 109 Å². The minimum absolute atomic E-state index is 0. The van der Waals surface area contributed by atoms with Gasteiger partial charge in [0.15, 0.2) is 0 Å². The minimum atomic E-state index is -0.341. The van der Waals surface area contributed by atoms with Crippen molar-refractivity contribution in [3.8, 4) is 0 Å². The molecule has 0 spiro atoms. The van der Waals surface area contributed by atoms with Gasteiger partial charge in [-0.25, -0.2) is 9.52 Å². The number of nitrogens with one attached hydrogen (secondary N) is 3. The van der Waals surface area contributed by atoms with E-state index in [0.717, 1.165) is 36.4 Å². The van der Waals surface area contributed by atoms with Crippen LogP contribution in [0.15, 0.2) is 16.9 Å². The number of nitrogens with zero attached hydrogens (tertiary/aromatic N) is 1. The number of hydrogen-bond acceptors (Lipinski definition) is 3. The summed E-state index contributed by atoms with van der Waals surface area (Å²) in [6.07, 6.45) is 1.92. The predicted octanol–water partition coefficient (Wildman–Crippen LogP) is 0.378. The molecule has 0 bridgehead atoms. The number of H-pyrrole nitrogens is 2. The van der Waals surface area contributed by atoms with Gasteiger partial charge in [0, 0.05) is 5.92 Å². The molecule has 1 aliphatic rings. The van der Waals surface area contributed by atoms with Crippen LogP contribution in [0.1, 0.15) is 24.5 Å². The molecule has 7 heteroatoms. The first kappa shape index (κ1) is 12.9. The lowest BCUT2D eigenvalue weighted by atomic mass is 9.94. The van der Waals surface area contributed by atoms with E-state index in [1.54, 1.807) is 6.07 Å². The molecule has 3 N–H and O–H groups in total. The summed E-state index contributed by atoms with van der Waals surface area (Å²) in [5.41, 5.74) is 1.29. The first-order valence-electron chi connectivity index (χ1n) is 5.81. The molecule has 1 fully saturated rings. The molecule has 1 saturated heterocycles. The molecule has 18 heavy (non-hydrogen) atoms. The van der Waals surface area contributed by atoms with Crippen LogP contribution in [0.5, 0.6) is 0 Å². The molecule has 2 aromatic rings. The maximum Gasteiger partial charge on any atom is 0.411 e. The second-order valence-corrected chi connectivity index (χ2v) is 4.42. The van der Waals surface area contributed by atoms with Crippen LogP contribution in [0, 0.1) is 5.21 Å². The number of hydrogen-bond donors (Lipinski definition) is 3. The maximum atomic E-state index is 12.1. The van der Waals surface area contributed by atoms with Gasteiger partial charge in [0.25, 0.3) is 0 Å². The molecular formula is C11H15ClN4O2. The molecule has 3 rings (SSSR count). The van der Waals surface area contributed by atoms with E-state index in [0.29, 0.717) is 11.2 Å². The van der Waals surface area contributed by atoms with Crippen molar-refractivity contribution in [3.05, 3.63) is 33.5 Å². The fourth-order valence-electron chi connectivity index (χ4n) is 2.45. The van der Waals surface area contributed by atoms with Crippen LogP contribution in [-0.2, 0) is 0 Å². The molecule has 0 amide bonds. The van der Waals surface area contributed by atoms with Crippen LogP contribution in [0.25, 0.3) is 11.2 Å². The number of rotatable bonds is 1. The quantitative estimate of drug-likeness (QED) is 0.517. The largest absolute Gasteiger partial charge is 0.710 e. The smallest absolute Gasteiger partial charge is 0.411 e. The molecule has 0 radical (unpaired) electrons. The first-order valence-corrected chi connectivity index (χ1v) is 5.81. The third-order valence-corrected chi connectivity index (χ3v) is 3.35. The average Bonchev–Trinajstić information content (AvgIpc) is 2.72. The van der Waals surface area contributed by atoms with Gasteiger partial charge in [-0.1, -0.05) is 0 Å². The molecular weight excluding hydrogens is 256 g/mol. The summed E-state index contributed by atoms with van der Waals surface area (Å²) in [5, 5.41) is 15.4. The van der Waals surface area contributed by atoms with Gasteiger partial charge in [-0.2, -0.15) is 4.98 Å². The van der Waals surface area contributed by atoms with E-state index >= 15 is 0 Å². The van der Waals surface area contributed by atoms with Crippen LogP contribution in [0.3, 0.4) is 0 Å². The molecule has 6 nitrogen and oxygen atoms in total. The molecule has 1 aliphatic heterocycles. The Morgan fingerprint density at radius 3 is 2.67 bits per heavy atom. The lowest BCUT2D eigenvalue weighted by Crippen LogP contribution is -2.38. The fourth-order valence-corrected chi connectivity index (χ4v) is 2.45. The SMILES string of the molecule is Cl.O=c1[nH]c2ccc(C3CCNCC3)[n+]([O-])c2[nH]1. The summed E-state index contributed by atoms with van der Waals surface area (Å²) in [5.74, 6) is 0.275. The lowest BCUT2D eigenvalue weighted by Gasteiger charge is -2.23. The summed E-state index contributed by atoms with van der Waals surface area (Å²) in [4.78, 5) is 16.3. The normalized spacial score (nSPS) is 16.7. The monoisotopic (exact) mass is 270 g/mol. The molecule has 0 aliphatic carbocycles. The zero-order chi connectivity index (χ0) is 11.8.